The standard InChI is InChI=1S/C24H30N2O2/c1-6-26(5)15-25-22-14-13-21(17(3)18(22)4)24(27)28-23(20-11-12-20)19-9-7-16(2)8-10-19/h7-10,13-15,20,23H,6,11-12H2,1-5H3. The number of benzene rings is 2. The summed E-state index contributed by atoms with van der Waals surface area (Å²) in [6.07, 6.45) is 3.88. The lowest BCUT2D eigenvalue weighted by molar-refractivity contribution is 0.0241. The van der Waals surface area contributed by atoms with E-state index in [4.69, 9.17) is 4.74 Å². The number of rotatable bonds is 7. The van der Waals surface area contributed by atoms with Gasteiger partial charge in [-0.1, -0.05) is 29.8 Å². The molecule has 0 amide bonds. The molecular formula is C24H30N2O2. The summed E-state index contributed by atoms with van der Waals surface area (Å²) in [6, 6.07) is 12.0. The lowest BCUT2D eigenvalue weighted by Crippen LogP contribution is -2.15. The maximum Gasteiger partial charge on any atom is 0.339 e. The molecule has 0 heterocycles. The Morgan fingerprint density at radius 3 is 2.43 bits per heavy atom. The minimum atomic E-state index is -0.251. The van der Waals surface area contributed by atoms with E-state index < -0.39 is 0 Å². The Labute approximate surface area is 168 Å². The molecule has 0 spiro atoms. The molecule has 2 aromatic rings. The number of esters is 1. The number of carbonyl (C=O) groups is 1. The molecule has 1 aliphatic rings. The van der Waals surface area contributed by atoms with E-state index in [1.54, 1.807) is 0 Å². The topological polar surface area (TPSA) is 41.9 Å². The van der Waals surface area contributed by atoms with E-state index in [9.17, 15) is 4.79 Å². The molecule has 1 fully saturated rings. The summed E-state index contributed by atoms with van der Waals surface area (Å²) in [6.45, 7) is 9.01. The van der Waals surface area contributed by atoms with Gasteiger partial charge in [-0.05, 0) is 69.4 Å². The lowest BCUT2D eigenvalue weighted by atomic mass is 10.0. The minimum Gasteiger partial charge on any atom is -0.454 e. The fourth-order valence-electron chi connectivity index (χ4n) is 3.18. The van der Waals surface area contributed by atoms with Crippen molar-refractivity contribution in [2.24, 2.45) is 10.9 Å². The zero-order chi connectivity index (χ0) is 20.3. The van der Waals surface area contributed by atoms with E-state index in [1.165, 1.54) is 5.56 Å². The van der Waals surface area contributed by atoms with Crippen LogP contribution in [0.15, 0.2) is 41.4 Å². The Kier molecular flexibility index (Phi) is 6.18. The van der Waals surface area contributed by atoms with Crippen LogP contribution in [0.1, 0.15) is 58.5 Å². The summed E-state index contributed by atoms with van der Waals surface area (Å²) in [4.78, 5) is 19.5. The molecule has 1 saturated carbocycles. The Hall–Kier alpha value is -2.62. The third kappa shape index (κ3) is 4.61. The molecule has 148 valence electrons. The molecular weight excluding hydrogens is 348 g/mol. The average Bonchev–Trinajstić information content (AvgIpc) is 3.52. The van der Waals surface area contributed by atoms with Crippen LogP contribution in [0, 0.1) is 26.7 Å². The van der Waals surface area contributed by atoms with Crippen LogP contribution in [0.4, 0.5) is 5.69 Å². The number of hydrogen-bond acceptors (Lipinski definition) is 3. The van der Waals surface area contributed by atoms with Gasteiger partial charge >= 0.3 is 5.97 Å². The zero-order valence-electron chi connectivity index (χ0n) is 17.5. The molecule has 28 heavy (non-hydrogen) atoms. The Morgan fingerprint density at radius 2 is 1.82 bits per heavy atom. The highest BCUT2D eigenvalue weighted by Gasteiger charge is 2.35. The van der Waals surface area contributed by atoms with Gasteiger partial charge in [0.05, 0.1) is 17.6 Å². The molecule has 1 atom stereocenters. The van der Waals surface area contributed by atoms with Crippen molar-refractivity contribution in [3.63, 3.8) is 0 Å². The molecule has 4 nitrogen and oxygen atoms in total. The van der Waals surface area contributed by atoms with Gasteiger partial charge in [0.1, 0.15) is 6.10 Å². The molecule has 0 aliphatic heterocycles. The van der Waals surface area contributed by atoms with Crippen LogP contribution in [0.2, 0.25) is 0 Å². The normalized spacial score (nSPS) is 14.9. The summed E-state index contributed by atoms with van der Waals surface area (Å²) in [5, 5.41) is 0. The summed E-state index contributed by atoms with van der Waals surface area (Å²) in [7, 11) is 1.99. The molecule has 0 bridgehead atoms. The molecule has 3 rings (SSSR count). The highest BCUT2D eigenvalue weighted by atomic mass is 16.5. The number of aliphatic imine (C=N–C) groups is 1. The number of ether oxygens (including phenoxy) is 1. The fraction of sp³-hybridized carbons (Fsp3) is 0.417. The van der Waals surface area contributed by atoms with Crippen molar-refractivity contribution >= 4 is 18.0 Å². The Bertz CT molecular complexity index is 867. The average molecular weight is 379 g/mol. The monoisotopic (exact) mass is 378 g/mol. The van der Waals surface area contributed by atoms with Crippen LogP contribution in [0.25, 0.3) is 0 Å². The Morgan fingerprint density at radius 1 is 1.14 bits per heavy atom. The largest absolute Gasteiger partial charge is 0.454 e. The fourth-order valence-corrected chi connectivity index (χ4v) is 3.18. The molecule has 4 heteroatoms. The van der Waals surface area contributed by atoms with Gasteiger partial charge < -0.3 is 9.64 Å². The van der Waals surface area contributed by atoms with Gasteiger partial charge in [-0.2, -0.15) is 0 Å². The first-order valence-corrected chi connectivity index (χ1v) is 10.0. The minimum absolute atomic E-state index is 0.163. The first-order valence-electron chi connectivity index (χ1n) is 10.0. The van der Waals surface area contributed by atoms with Crippen molar-refractivity contribution < 1.29 is 9.53 Å². The van der Waals surface area contributed by atoms with E-state index >= 15 is 0 Å². The van der Waals surface area contributed by atoms with Gasteiger partial charge in [0.2, 0.25) is 0 Å². The van der Waals surface area contributed by atoms with E-state index in [-0.39, 0.29) is 12.1 Å². The van der Waals surface area contributed by atoms with Gasteiger partial charge in [-0.15, -0.1) is 0 Å². The molecule has 0 aromatic heterocycles. The van der Waals surface area contributed by atoms with E-state index in [0.29, 0.717) is 11.5 Å². The third-order valence-corrected chi connectivity index (χ3v) is 5.56. The summed E-state index contributed by atoms with van der Waals surface area (Å²) in [5.74, 6) is 0.181. The highest BCUT2D eigenvalue weighted by molar-refractivity contribution is 5.92. The zero-order valence-corrected chi connectivity index (χ0v) is 17.5. The second kappa shape index (κ2) is 8.59. The second-order valence-corrected chi connectivity index (χ2v) is 7.77. The SMILES string of the molecule is CCN(C)C=Nc1ccc(C(=O)OC(c2ccc(C)cc2)C2CC2)c(C)c1C. The second-order valence-electron chi connectivity index (χ2n) is 7.77. The van der Waals surface area contributed by atoms with Crippen molar-refractivity contribution in [2.75, 3.05) is 13.6 Å². The van der Waals surface area contributed by atoms with Crippen LogP contribution >= 0.6 is 0 Å². The maximum absolute atomic E-state index is 13.0. The van der Waals surface area contributed by atoms with Gasteiger partial charge in [-0.25, -0.2) is 9.79 Å². The van der Waals surface area contributed by atoms with Crippen molar-refractivity contribution in [1.29, 1.82) is 0 Å². The molecule has 0 N–H and O–H groups in total. The number of aryl methyl sites for hydroxylation is 1. The van der Waals surface area contributed by atoms with E-state index in [1.807, 2.05) is 44.3 Å². The van der Waals surface area contributed by atoms with Crippen molar-refractivity contribution in [3.05, 3.63) is 64.2 Å². The molecule has 0 radical (unpaired) electrons. The molecule has 2 aromatic carbocycles. The van der Waals surface area contributed by atoms with Gasteiger partial charge in [0.15, 0.2) is 0 Å². The molecule has 1 unspecified atom stereocenters. The van der Waals surface area contributed by atoms with Gasteiger partial charge in [0.25, 0.3) is 0 Å². The van der Waals surface area contributed by atoms with E-state index in [2.05, 4.69) is 43.1 Å². The van der Waals surface area contributed by atoms with Crippen LogP contribution in [0.5, 0.6) is 0 Å². The predicted octanol–water partition coefficient (Wildman–Crippen LogP) is 5.53. The number of hydrogen-bond donors (Lipinski definition) is 0. The van der Waals surface area contributed by atoms with Crippen LogP contribution in [-0.2, 0) is 4.74 Å². The van der Waals surface area contributed by atoms with Crippen LogP contribution in [-0.4, -0.2) is 30.8 Å². The van der Waals surface area contributed by atoms with Crippen LogP contribution < -0.4 is 0 Å². The van der Waals surface area contributed by atoms with Gasteiger partial charge in [0, 0.05) is 19.5 Å². The predicted molar refractivity (Wildman–Crippen MR) is 114 cm³/mol. The summed E-state index contributed by atoms with van der Waals surface area (Å²) < 4.78 is 5.99. The number of carbonyl (C=O) groups excluding carboxylic acids is 1. The summed E-state index contributed by atoms with van der Waals surface area (Å²) in [5.41, 5.74) is 5.73. The quantitative estimate of drug-likeness (QED) is 0.361. The summed E-state index contributed by atoms with van der Waals surface area (Å²) >= 11 is 0. The molecule has 1 aliphatic carbocycles. The van der Waals surface area contributed by atoms with Crippen molar-refractivity contribution in [3.8, 4) is 0 Å². The van der Waals surface area contributed by atoms with Crippen molar-refractivity contribution in [2.45, 2.75) is 46.6 Å². The first kappa shape index (κ1) is 20.1. The first-order chi connectivity index (χ1) is 13.4. The Balaban J connectivity index is 1.80. The van der Waals surface area contributed by atoms with E-state index in [0.717, 1.165) is 41.8 Å². The third-order valence-electron chi connectivity index (χ3n) is 5.56. The smallest absolute Gasteiger partial charge is 0.339 e. The molecule has 0 saturated heterocycles. The number of nitrogens with zero attached hydrogens (tertiary/aromatic N) is 2. The highest BCUT2D eigenvalue weighted by Crippen LogP contribution is 2.44. The van der Waals surface area contributed by atoms with Crippen LogP contribution in [0.3, 0.4) is 0 Å². The van der Waals surface area contributed by atoms with Crippen molar-refractivity contribution in [1.82, 2.24) is 4.90 Å². The van der Waals surface area contributed by atoms with Gasteiger partial charge in [-0.3, -0.25) is 0 Å². The maximum atomic E-state index is 13.0. The lowest BCUT2D eigenvalue weighted by Gasteiger charge is -2.19.